The number of nitrogens with one attached hydrogen (secondary N) is 1. The normalized spacial score (nSPS) is 18.5. The number of pyridine rings is 2. The van der Waals surface area contributed by atoms with Gasteiger partial charge in [0.1, 0.15) is 5.69 Å². The molecule has 1 fully saturated rings. The van der Waals surface area contributed by atoms with Gasteiger partial charge in [-0.25, -0.2) is 4.79 Å². The molecule has 2 aromatic rings. The Labute approximate surface area is 174 Å². The molecular weight excluding hydrogens is 388 g/mol. The highest BCUT2D eigenvalue weighted by Crippen LogP contribution is 2.19. The fourth-order valence-corrected chi connectivity index (χ4v) is 3.29. The number of hydrogen-bond donors (Lipinski definition) is 2. The molecule has 9 heteroatoms. The Balaban J connectivity index is 1.57. The Morgan fingerprint density at radius 1 is 1.23 bits per heavy atom. The molecule has 9 nitrogen and oxygen atoms in total. The highest BCUT2D eigenvalue weighted by atomic mass is 16.5. The van der Waals surface area contributed by atoms with E-state index in [2.05, 4.69) is 20.0 Å². The van der Waals surface area contributed by atoms with Gasteiger partial charge in [-0.15, -0.1) is 0 Å². The van der Waals surface area contributed by atoms with Gasteiger partial charge in [0, 0.05) is 44.1 Å². The van der Waals surface area contributed by atoms with E-state index in [0.29, 0.717) is 25.9 Å². The molecule has 2 amide bonds. The second-order valence-corrected chi connectivity index (χ2v) is 7.00. The number of aliphatic hydroxyl groups is 1. The van der Waals surface area contributed by atoms with E-state index >= 15 is 0 Å². The van der Waals surface area contributed by atoms with Crippen molar-refractivity contribution in [1.82, 2.24) is 20.2 Å². The zero-order chi connectivity index (χ0) is 21.5. The van der Waals surface area contributed by atoms with Gasteiger partial charge in [-0.05, 0) is 30.7 Å². The highest BCUT2D eigenvalue weighted by molar-refractivity contribution is 5.94. The molecule has 3 rings (SSSR count). The third-order valence-electron chi connectivity index (χ3n) is 5.01. The van der Waals surface area contributed by atoms with Crippen LogP contribution in [0.1, 0.15) is 33.0 Å². The minimum Gasteiger partial charge on any atom is -0.465 e. The van der Waals surface area contributed by atoms with Crippen LogP contribution in [0.25, 0.3) is 0 Å². The van der Waals surface area contributed by atoms with Gasteiger partial charge in [0.15, 0.2) is 0 Å². The summed E-state index contributed by atoms with van der Waals surface area (Å²) in [6.07, 6.45) is 3.02. The van der Waals surface area contributed by atoms with Crippen LogP contribution in [0.5, 0.6) is 0 Å². The van der Waals surface area contributed by atoms with E-state index in [4.69, 9.17) is 0 Å². The van der Waals surface area contributed by atoms with Crippen molar-refractivity contribution >= 4 is 17.8 Å². The maximum atomic E-state index is 12.7. The van der Waals surface area contributed by atoms with Crippen molar-refractivity contribution in [2.45, 2.75) is 18.9 Å². The van der Waals surface area contributed by atoms with Crippen LogP contribution in [0.3, 0.4) is 0 Å². The van der Waals surface area contributed by atoms with Gasteiger partial charge < -0.3 is 20.1 Å². The quantitative estimate of drug-likeness (QED) is 0.661. The average Bonchev–Trinajstić information content (AvgIpc) is 2.79. The standard InChI is InChI=1S/C21H24N4O5/c1-30-21(29)14-5-6-17(24-12-14)20(28)25-11-8-18(26)16(13-25)19(27)23-10-7-15-4-2-3-9-22-15/h2-6,9,12,16,18,26H,7-8,10-11,13H2,1H3,(H,23,27)/t16-,18+/m0/s1. The SMILES string of the molecule is COC(=O)c1ccc(C(=O)N2CC[C@@H](O)[C@@H](C(=O)NCCc3ccccn3)C2)nc1. The predicted octanol–water partition coefficient (Wildman–Crippen LogP) is 0.445. The topological polar surface area (TPSA) is 122 Å². The summed E-state index contributed by atoms with van der Waals surface area (Å²) in [5.41, 5.74) is 1.27. The molecule has 3 heterocycles. The van der Waals surface area contributed by atoms with Crippen molar-refractivity contribution in [1.29, 1.82) is 0 Å². The Morgan fingerprint density at radius 2 is 2.07 bits per heavy atom. The molecule has 0 aromatic carbocycles. The smallest absolute Gasteiger partial charge is 0.339 e. The monoisotopic (exact) mass is 412 g/mol. The molecule has 30 heavy (non-hydrogen) atoms. The van der Waals surface area contributed by atoms with E-state index in [0.717, 1.165) is 5.69 Å². The van der Waals surface area contributed by atoms with Crippen molar-refractivity contribution < 1.29 is 24.2 Å². The zero-order valence-electron chi connectivity index (χ0n) is 16.7. The van der Waals surface area contributed by atoms with Gasteiger partial charge in [0.2, 0.25) is 5.91 Å². The second kappa shape index (κ2) is 9.93. The number of carbonyl (C=O) groups is 3. The Morgan fingerprint density at radius 3 is 2.73 bits per heavy atom. The summed E-state index contributed by atoms with van der Waals surface area (Å²) >= 11 is 0. The number of esters is 1. The van der Waals surface area contributed by atoms with E-state index < -0.39 is 18.0 Å². The molecule has 0 unspecified atom stereocenters. The number of rotatable bonds is 6. The van der Waals surface area contributed by atoms with Gasteiger partial charge in [-0.2, -0.15) is 0 Å². The lowest BCUT2D eigenvalue weighted by atomic mass is 9.93. The van der Waals surface area contributed by atoms with E-state index in [1.807, 2.05) is 18.2 Å². The van der Waals surface area contributed by atoms with Gasteiger partial charge >= 0.3 is 5.97 Å². The van der Waals surface area contributed by atoms with Crippen molar-refractivity contribution in [2.75, 3.05) is 26.7 Å². The van der Waals surface area contributed by atoms with Crippen LogP contribution in [0, 0.1) is 5.92 Å². The molecule has 0 radical (unpaired) electrons. The van der Waals surface area contributed by atoms with E-state index in [1.165, 1.54) is 30.3 Å². The molecule has 0 spiro atoms. The van der Waals surface area contributed by atoms with Crippen LogP contribution in [0.15, 0.2) is 42.7 Å². The van der Waals surface area contributed by atoms with Gasteiger partial charge in [0.25, 0.3) is 5.91 Å². The lowest BCUT2D eigenvalue weighted by Crippen LogP contribution is -2.51. The molecule has 158 valence electrons. The van der Waals surface area contributed by atoms with E-state index in [1.54, 1.807) is 6.20 Å². The number of hydrogen-bond acceptors (Lipinski definition) is 7. The molecule has 1 aliphatic rings. The number of aliphatic hydroxyl groups excluding tert-OH is 1. The Bertz CT molecular complexity index is 888. The molecule has 2 N–H and O–H groups in total. The first-order valence-corrected chi connectivity index (χ1v) is 9.69. The first-order valence-electron chi connectivity index (χ1n) is 9.69. The summed E-state index contributed by atoms with van der Waals surface area (Å²) in [4.78, 5) is 46.5. The summed E-state index contributed by atoms with van der Waals surface area (Å²) in [5.74, 6) is -1.92. The number of methoxy groups -OCH3 is 1. The van der Waals surface area contributed by atoms with Crippen LogP contribution in [0.4, 0.5) is 0 Å². The fraction of sp³-hybridized carbons (Fsp3) is 0.381. The zero-order valence-corrected chi connectivity index (χ0v) is 16.7. The third-order valence-corrected chi connectivity index (χ3v) is 5.01. The van der Waals surface area contributed by atoms with Crippen molar-refractivity contribution in [3.63, 3.8) is 0 Å². The van der Waals surface area contributed by atoms with Gasteiger partial charge in [-0.1, -0.05) is 6.07 Å². The molecule has 2 aromatic heterocycles. The summed E-state index contributed by atoms with van der Waals surface area (Å²) in [6, 6.07) is 8.49. The maximum absolute atomic E-state index is 12.7. The molecule has 1 aliphatic heterocycles. The van der Waals surface area contributed by atoms with Crippen LogP contribution in [-0.2, 0) is 16.0 Å². The van der Waals surface area contributed by atoms with E-state index in [-0.39, 0.29) is 29.6 Å². The average molecular weight is 412 g/mol. The summed E-state index contributed by atoms with van der Waals surface area (Å²) < 4.78 is 4.62. The van der Waals surface area contributed by atoms with Crippen LogP contribution < -0.4 is 5.32 Å². The number of ether oxygens (including phenoxy) is 1. The van der Waals surface area contributed by atoms with Crippen molar-refractivity contribution in [2.24, 2.45) is 5.92 Å². The summed E-state index contributed by atoms with van der Waals surface area (Å²) in [7, 11) is 1.27. The number of nitrogens with zero attached hydrogens (tertiary/aromatic N) is 3. The molecular formula is C21H24N4O5. The minimum absolute atomic E-state index is 0.0931. The first kappa shape index (κ1) is 21.4. The molecule has 2 atom stereocenters. The van der Waals surface area contributed by atoms with Crippen LogP contribution >= 0.6 is 0 Å². The lowest BCUT2D eigenvalue weighted by Gasteiger charge is -2.35. The van der Waals surface area contributed by atoms with Crippen molar-refractivity contribution in [3.8, 4) is 0 Å². The number of amides is 2. The van der Waals surface area contributed by atoms with Crippen LogP contribution in [0.2, 0.25) is 0 Å². The molecule has 0 bridgehead atoms. The molecule has 0 saturated carbocycles. The predicted molar refractivity (Wildman–Crippen MR) is 107 cm³/mol. The van der Waals surface area contributed by atoms with Gasteiger partial charge in [-0.3, -0.25) is 19.6 Å². The summed E-state index contributed by atoms with van der Waals surface area (Å²) in [5, 5.41) is 13.1. The van der Waals surface area contributed by atoms with Gasteiger partial charge in [0.05, 0.1) is 24.7 Å². The summed E-state index contributed by atoms with van der Waals surface area (Å²) in [6.45, 7) is 0.803. The maximum Gasteiger partial charge on any atom is 0.339 e. The van der Waals surface area contributed by atoms with Crippen LogP contribution in [-0.4, -0.2) is 70.6 Å². The first-order chi connectivity index (χ1) is 14.5. The third kappa shape index (κ3) is 5.18. The Kier molecular flexibility index (Phi) is 7.08. The number of piperidine rings is 1. The lowest BCUT2D eigenvalue weighted by molar-refractivity contribution is -0.130. The van der Waals surface area contributed by atoms with E-state index in [9.17, 15) is 19.5 Å². The number of aromatic nitrogens is 2. The van der Waals surface area contributed by atoms with Crippen molar-refractivity contribution in [3.05, 3.63) is 59.7 Å². The molecule has 1 saturated heterocycles. The fourth-order valence-electron chi connectivity index (χ4n) is 3.29. The number of likely N-dealkylation sites (tertiary alicyclic amines) is 1. The minimum atomic E-state index is -0.821. The number of carbonyl (C=O) groups excluding carboxylic acids is 3. The second-order valence-electron chi connectivity index (χ2n) is 7.00. The highest BCUT2D eigenvalue weighted by Gasteiger charge is 2.35. The molecule has 0 aliphatic carbocycles. The Hall–Kier alpha value is -3.33. The largest absolute Gasteiger partial charge is 0.465 e.